The number of nitrogens with one attached hydrogen (secondary N) is 1. The van der Waals surface area contributed by atoms with E-state index in [0.29, 0.717) is 24.9 Å². The first-order valence-electron chi connectivity index (χ1n) is 12.0. The zero-order valence-electron chi connectivity index (χ0n) is 19.6. The van der Waals surface area contributed by atoms with Crippen LogP contribution in [0.2, 0.25) is 0 Å². The van der Waals surface area contributed by atoms with Crippen LogP contribution in [0, 0.1) is 11.8 Å². The molecule has 0 aromatic heterocycles. The van der Waals surface area contributed by atoms with E-state index in [9.17, 15) is 24.3 Å². The Morgan fingerprint density at radius 1 is 0.971 bits per heavy atom. The van der Waals surface area contributed by atoms with Gasteiger partial charge >= 0.3 is 5.97 Å². The lowest BCUT2D eigenvalue weighted by Crippen LogP contribution is -2.37. The topological polar surface area (TPSA) is 104 Å². The highest BCUT2D eigenvalue weighted by molar-refractivity contribution is 6.35. The number of carboxylic acids is 1. The molecule has 1 saturated carbocycles. The maximum Gasteiger partial charge on any atom is 0.306 e. The summed E-state index contributed by atoms with van der Waals surface area (Å²) in [6, 6.07) is 10.3. The van der Waals surface area contributed by atoms with Crippen LogP contribution in [0.5, 0.6) is 0 Å². The summed E-state index contributed by atoms with van der Waals surface area (Å²) in [5, 5.41) is 12.3. The molecule has 0 saturated heterocycles. The lowest BCUT2D eigenvalue weighted by Gasteiger charge is -2.28. The molecule has 178 valence electrons. The van der Waals surface area contributed by atoms with Crippen LogP contribution in [0.4, 0.5) is 5.69 Å². The summed E-state index contributed by atoms with van der Waals surface area (Å²) in [6.45, 7) is 4.25. The lowest BCUT2D eigenvalue weighted by molar-refractivity contribution is -0.144. The van der Waals surface area contributed by atoms with Gasteiger partial charge in [0, 0.05) is 12.1 Å². The smallest absolute Gasteiger partial charge is 0.306 e. The Hall–Kier alpha value is -3.48. The fourth-order valence-corrected chi connectivity index (χ4v) is 5.19. The molecule has 2 N–H and O–H groups in total. The minimum Gasteiger partial charge on any atom is -0.481 e. The van der Waals surface area contributed by atoms with Crippen molar-refractivity contribution < 1.29 is 24.3 Å². The number of hydrogen-bond acceptors (Lipinski definition) is 4. The van der Waals surface area contributed by atoms with Gasteiger partial charge in [-0.15, -0.1) is 0 Å². The first-order chi connectivity index (χ1) is 16.4. The molecule has 1 heterocycles. The number of benzene rings is 2. The highest BCUT2D eigenvalue weighted by Gasteiger charge is 2.39. The van der Waals surface area contributed by atoms with E-state index in [2.05, 4.69) is 5.32 Å². The van der Waals surface area contributed by atoms with Gasteiger partial charge in [0.2, 0.25) is 0 Å². The summed E-state index contributed by atoms with van der Waals surface area (Å²) < 4.78 is 0. The van der Waals surface area contributed by atoms with Crippen molar-refractivity contribution in [2.75, 3.05) is 11.4 Å². The van der Waals surface area contributed by atoms with Crippen LogP contribution in [-0.4, -0.2) is 35.3 Å². The minimum atomic E-state index is -0.820. The number of hydrogen-bond donors (Lipinski definition) is 2. The average molecular weight is 463 g/mol. The average Bonchev–Trinajstić information content (AvgIpc) is 3.10. The van der Waals surface area contributed by atoms with Gasteiger partial charge in [-0.25, -0.2) is 4.90 Å². The highest BCUT2D eigenvalue weighted by atomic mass is 16.4. The van der Waals surface area contributed by atoms with E-state index in [0.717, 1.165) is 30.4 Å². The molecule has 0 unspecified atom stereocenters. The number of anilines is 1. The summed E-state index contributed by atoms with van der Waals surface area (Å²) in [5.74, 6) is -2.56. The number of fused-ring (bicyclic) bond motifs is 1. The second-order valence-corrected chi connectivity index (χ2v) is 9.04. The predicted molar refractivity (Wildman–Crippen MR) is 128 cm³/mol. The summed E-state index contributed by atoms with van der Waals surface area (Å²) in [6.07, 6.45) is 4.60. The maximum atomic E-state index is 13.3. The molecule has 2 aromatic carbocycles. The van der Waals surface area contributed by atoms with Crippen LogP contribution in [0.3, 0.4) is 0 Å². The normalized spacial score (nSPS) is 19.8. The number of carbonyl (C=O) groups excluding carboxylic acids is 3. The summed E-state index contributed by atoms with van der Waals surface area (Å²) in [5.41, 5.74) is 3.27. The molecular weight excluding hydrogens is 432 g/mol. The molecule has 7 nitrogen and oxygen atoms in total. The Morgan fingerprint density at radius 3 is 2.26 bits per heavy atom. The zero-order valence-corrected chi connectivity index (χ0v) is 19.6. The molecule has 0 bridgehead atoms. The monoisotopic (exact) mass is 462 g/mol. The van der Waals surface area contributed by atoms with Crippen LogP contribution in [-0.2, 0) is 17.6 Å². The van der Waals surface area contributed by atoms with Gasteiger partial charge in [0.05, 0.1) is 22.7 Å². The second kappa shape index (κ2) is 9.79. The Kier molecular flexibility index (Phi) is 6.82. The molecular formula is C27H30N2O5. The molecule has 34 heavy (non-hydrogen) atoms. The van der Waals surface area contributed by atoms with Crippen molar-refractivity contribution >= 4 is 29.4 Å². The molecule has 7 heteroatoms. The van der Waals surface area contributed by atoms with Crippen molar-refractivity contribution in [1.82, 2.24) is 5.32 Å². The summed E-state index contributed by atoms with van der Waals surface area (Å²) in [7, 11) is 0. The number of amides is 3. The molecule has 2 atom stereocenters. The van der Waals surface area contributed by atoms with Crippen molar-refractivity contribution in [2.45, 2.75) is 52.4 Å². The number of imide groups is 1. The Balaban J connectivity index is 1.56. The predicted octanol–water partition coefficient (Wildman–Crippen LogP) is 4.23. The van der Waals surface area contributed by atoms with Gasteiger partial charge < -0.3 is 10.4 Å². The van der Waals surface area contributed by atoms with Crippen molar-refractivity contribution in [3.8, 4) is 0 Å². The number of aliphatic carboxylic acids is 1. The Bertz CT molecular complexity index is 1130. The van der Waals surface area contributed by atoms with E-state index in [4.69, 9.17) is 0 Å². The van der Waals surface area contributed by atoms with Crippen LogP contribution in [0.15, 0.2) is 36.4 Å². The fourth-order valence-electron chi connectivity index (χ4n) is 5.19. The van der Waals surface area contributed by atoms with Gasteiger partial charge in [-0.2, -0.15) is 0 Å². The van der Waals surface area contributed by atoms with Gasteiger partial charge in [-0.1, -0.05) is 44.9 Å². The van der Waals surface area contributed by atoms with Gasteiger partial charge in [-0.05, 0) is 60.9 Å². The van der Waals surface area contributed by atoms with Crippen LogP contribution in [0.1, 0.15) is 81.7 Å². The zero-order chi connectivity index (χ0) is 24.4. The van der Waals surface area contributed by atoms with E-state index in [1.807, 2.05) is 32.0 Å². The third-order valence-electron chi connectivity index (χ3n) is 7.09. The van der Waals surface area contributed by atoms with Crippen molar-refractivity contribution in [1.29, 1.82) is 0 Å². The Labute approximate surface area is 199 Å². The first-order valence-corrected chi connectivity index (χ1v) is 12.0. The number of para-hydroxylation sites is 1. The summed E-state index contributed by atoms with van der Waals surface area (Å²) in [4.78, 5) is 52.2. The third-order valence-corrected chi connectivity index (χ3v) is 7.09. The number of carboxylic acid groups (broad SMARTS) is 1. The first kappa shape index (κ1) is 23.7. The van der Waals surface area contributed by atoms with E-state index >= 15 is 0 Å². The minimum absolute atomic E-state index is 0.110. The van der Waals surface area contributed by atoms with Gasteiger partial charge in [0.1, 0.15) is 0 Å². The van der Waals surface area contributed by atoms with E-state index in [1.165, 1.54) is 17.0 Å². The molecule has 0 radical (unpaired) electrons. The molecule has 3 amide bonds. The molecule has 1 aliphatic heterocycles. The van der Waals surface area contributed by atoms with Gasteiger partial charge in [-0.3, -0.25) is 19.2 Å². The number of rotatable bonds is 7. The maximum absolute atomic E-state index is 13.3. The summed E-state index contributed by atoms with van der Waals surface area (Å²) >= 11 is 0. The van der Waals surface area contributed by atoms with E-state index in [-0.39, 0.29) is 41.0 Å². The molecule has 0 spiro atoms. The number of nitrogens with zero attached hydrogens (tertiary/aromatic N) is 1. The van der Waals surface area contributed by atoms with Crippen LogP contribution in [0.25, 0.3) is 0 Å². The molecule has 4 rings (SSSR count). The molecule has 1 aliphatic carbocycles. The molecule has 2 aromatic rings. The standard InChI is InChI=1S/C27H30N2O5/c1-3-16-9-7-10-17(4-2)23(16)29-25(31)21-13-12-18(14-22(21)26(29)32)24(30)28-15-19-8-5-6-11-20(19)27(33)34/h7,9-10,12-14,19-20H,3-6,8,11,15H2,1-2H3,(H,28,30)(H,33,34)/t19-,20-/m0/s1. The highest BCUT2D eigenvalue weighted by Crippen LogP contribution is 2.35. The van der Waals surface area contributed by atoms with Crippen molar-refractivity contribution in [2.24, 2.45) is 11.8 Å². The number of carbonyl (C=O) groups is 4. The lowest BCUT2D eigenvalue weighted by atomic mass is 9.79. The van der Waals surface area contributed by atoms with Crippen molar-refractivity contribution in [3.63, 3.8) is 0 Å². The quantitative estimate of drug-likeness (QED) is 0.599. The van der Waals surface area contributed by atoms with Crippen LogP contribution >= 0.6 is 0 Å². The fraction of sp³-hybridized carbons (Fsp3) is 0.407. The van der Waals surface area contributed by atoms with Crippen LogP contribution < -0.4 is 10.2 Å². The molecule has 1 fully saturated rings. The second-order valence-electron chi connectivity index (χ2n) is 9.04. The largest absolute Gasteiger partial charge is 0.481 e. The van der Waals surface area contributed by atoms with Gasteiger partial charge in [0.25, 0.3) is 17.7 Å². The van der Waals surface area contributed by atoms with Gasteiger partial charge in [0.15, 0.2) is 0 Å². The Morgan fingerprint density at radius 2 is 1.62 bits per heavy atom. The number of aryl methyl sites for hydroxylation is 2. The van der Waals surface area contributed by atoms with Crippen molar-refractivity contribution in [3.05, 3.63) is 64.2 Å². The van der Waals surface area contributed by atoms with E-state index in [1.54, 1.807) is 6.07 Å². The third kappa shape index (κ3) is 4.22. The molecule has 2 aliphatic rings. The SMILES string of the molecule is CCc1cccc(CC)c1N1C(=O)c2ccc(C(=O)NC[C@@H]3CCCC[C@@H]3C(=O)O)cc2C1=O. The van der Waals surface area contributed by atoms with E-state index < -0.39 is 17.8 Å².